The minimum absolute atomic E-state index is 0.225. The highest BCUT2D eigenvalue weighted by molar-refractivity contribution is 7.58. The molecule has 2 unspecified atom stereocenters. The predicted octanol–water partition coefficient (Wildman–Crippen LogP) is 5.86. The lowest BCUT2D eigenvalue weighted by molar-refractivity contribution is 0.00578. The van der Waals surface area contributed by atoms with Gasteiger partial charge >= 0.3 is 7.12 Å². The highest BCUT2D eigenvalue weighted by atomic mass is 31.2. The van der Waals surface area contributed by atoms with Crippen LogP contribution in [0.5, 0.6) is 0 Å². The maximum absolute atomic E-state index is 12.8. The number of allylic oxidation sites excluding steroid dienone is 2. The van der Waals surface area contributed by atoms with E-state index in [4.69, 9.17) is 13.8 Å². The first-order valence-electron chi connectivity index (χ1n) is 10.4. The SMILES string of the molecule is CC1(C)OB(C2=CCC(CCP(C)(=O)OCc3ccccc3)CC2)OC1(C)C. The molecular weight excluding hydrogens is 370 g/mol. The molecule has 3 rings (SSSR count). The molecule has 1 aromatic rings. The molecule has 1 fully saturated rings. The van der Waals surface area contributed by atoms with Crippen molar-refractivity contribution in [2.45, 2.75) is 71.2 Å². The van der Waals surface area contributed by atoms with Crippen molar-refractivity contribution in [2.24, 2.45) is 5.92 Å². The molecule has 154 valence electrons. The van der Waals surface area contributed by atoms with Crippen LogP contribution in [0, 0.1) is 5.92 Å². The Morgan fingerprint density at radius 1 is 1.14 bits per heavy atom. The molecule has 28 heavy (non-hydrogen) atoms. The van der Waals surface area contributed by atoms with Crippen molar-refractivity contribution in [1.82, 2.24) is 0 Å². The fraction of sp³-hybridized carbons (Fsp3) is 0.636. The Balaban J connectivity index is 1.45. The van der Waals surface area contributed by atoms with Gasteiger partial charge in [0.2, 0.25) is 7.37 Å². The van der Waals surface area contributed by atoms with Crippen LogP contribution in [0.25, 0.3) is 0 Å². The molecule has 2 aliphatic rings. The summed E-state index contributed by atoms with van der Waals surface area (Å²) in [4.78, 5) is 0. The maximum Gasteiger partial charge on any atom is 0.490 e. The van der Waals surface area contributed by atoms with E-state index in [0.717, 1.165) is 31.2 Å². The van der Waals surface area contributed by atoms with E-state index in [-0.39, 0.29) is 18.3 Å². The van der Waals surface area contributed by atoms with Crippen LogP contribution in [0.1, 0.15) is 58.9 Å². The Hall–Kier alpha value is -0.865. The molecule has 1 aromatic carbocycles. The first-order chi connectivity index (χ1) is 13.1. The van der Waals surface area contributed by atoms with Crippen LogP contribution in [0.15, 0.2) is 41.9 Å². The third-order valence-corrected chi connectivity index (χ3v) is 8.15. The molecule has 1 aliphatic carbocycles. The Morgan fingerprint density at radius 3 is 2.36 bits per heavy atom. The van der Waals surface area contributed by atoms with E-state index in [1.54, 1.807) is 6.66 Å². The molecule has 0 amide bonds. The van der Waals surface area contributed by atoms with E-state index in [2.05, 4.69) is 33.8 Å². The van der Waals surface area contributed by atoms with Gasteiger partial charge in [0.1, 0.15) is 0 Å². The highest BCUT2D eigenvalue weighted by Crippen LogP contribution is 2.46. The van der Waals surface area contributed by atoms with Gasteiger partial charge in [0.25, 0.3) is 0 Å². The molecule has 0 spiro atoms. The Morgan fingerprint density at radius 2 is 1.79 bits per heavy atom. The molecule has 0 radical (unpaired) electrons. The molecule has 0 saturated carbocycles. The van der Waals surface area contributed by atoms with Crippen molar-refractivity contribution in [1.29, 1.82) is 0 Å². The second kappa shape index (κ2) is 8.48. The quantitative estimate of drug-likeness (QED) is 0.422. The first kappa shape index (κ1) is 21.8. The van der Waals surface area contributed by atoms with Crippen LogP contribution in [0.2, 0.25) is 0 Å². The van der Waals surface area contributed by atoms with Crippen molar-refractivity contribution >= 4 is 14.5 Å². The topological polar surface area (TPSA) is 44.8 Å². The normalized spacial score (nSPS) is 26.0. The largest absolute Gasteiger partial charge is 0.490 e. The molecule has 0 N–H and O–H groups in total. The highest BCUT2D eigenvalue weighted by Gasteiger charge is 2.52. The monoisotopic (exact) mass is 404 g/mol. The molecule has 1 heterocycles. The predicted molar refractivity (Wildman–Crippen MR) is 116 cm³/mol. The fourth-order valence-electron chi connectivity index (χ4n) is 3.65. The van der Waals surface area contributed by atoms with Crippen LogP contribution >= 0.6 is 7.37 Å². The smallest absolute Gasteiger partial charge is 0.400 e. The standard InChI is InChI=1S/C22H34BO4P/c1-21(2)22(3,4)27-23(26-21)20-13-11-18(12-14-20)15-16-28(5,24)25-17-19-9-7-6-8-10-19/h6-10,13,18H,11-12,14-17H2,1-5H3. The van der Waals surface area contributed by atoms with Crippen molar-refractivity contribution in [3.05, 3.63) is 47.4 Å². The van der Waals surface area contributed by atoms with E-state index in [0.29, 0.717) is 18.7 Å². The van der Waals surface area contributed by atoms with Crippen LogP contribution in [-0.2, 0) is 25.0 Å². The number of hydrogen-bond acceptors (Lipinski definition) is 4. The molecule has 4 nitrogen and oxygen atoms in total. The molecule has 2 atom stereocenters. The van der Waals surface area contributed by atoms with Gasteiger partial charge in [-0.3, -0.25) is 4.57 Å². The summed E-state index contributed by atoms with van der Waals surface area (Å²) in [5.74, 6) is 0.555. The summed E-state index contributed by atoms with van der Waals surface area (Å²) in [5.41, 5.74) is 1.74. The van der Waals surface area contributed by atoms with E-state index in [9.17, 15) is 4.57 Å². The average molecular weight is 404 g/mol. The van der Waals surface area contributed by atoms with Gasteiger partial charge in [-0.2, -0.15) is 0 Å². The van der Waals surface area contributed by atoms with Crippen LogP contribution in [-0.4, -0.2) is 31.1 Å². The Bertz CT molecular complexity index is 728. The molecule has 0 aromatic heterocycles. The second-order valence-corrected chi connectivity index (χ2v) is 12.0. The van der Waals surface area contributed by atoms with Gasteiger partial charge in [-0.25, -0.2) is 0 Å². The summed E-state index contributed by atoms with van der Waals surface area (Å²) in [6.45, 7) is 10.6. The zero-order valence-corrected chi connectivity index (χ0v) is 18.8. The van der Waals surface area contributed by atoms with Gasteiger partial charge in [0, 0.05) is 12.8 Å². The summed E-state index contributed by atoms with van der Waals surface area (Å²) in [6, 6.07) is 9.94. The third kappa shape index (κ3) is 5.39. The summed E-state index contributed by atoms with van der Waals surface area (Å²) < 4.78 is 30.9. The lowest BCUT2D eigenvalue weighted by Gasteiger charge is -2.32. The minimum Gasteiger partial charge on any atom is -0.400 e. The van der Waals surface area contributed by atoms with Crippen LogP contribution in [0.3, 0.4) is 0 Å². The zero-order valence-electron chi connectivity index (χ0n) is 17.9. The van der Waals surface area contributed by atoms with Crippen molar-refractivity contribution in [3.63, 3.8) is 0 Å². The number of rotatable bonds is 7. The second-order valence-electron chi connectivity index (χ2n) is 9.29. The van der Waals surface area contributed by atoms with Gasteiger partial charge in [-0.15, -0.1) is 0 Å². The minimum atomic E-state index is -2.57. The average Bonchev–Trinajstić information content (AvgIpc) is 2.87. The lowest BCUT2D eigenvalue weighted by atomic mass is 9.70. The Labute approximate surface area is 170 Å². The molecule has 0 bridgehead atoms. The molecule has 1 saturated heterocycles. The van der Waals surface area contributed by atoms with Gasteiger partial charge in [-0.1, -0.05) is 36.4 Å². The van der Waals surface area contributed by atoms with Crippen molar-refractivity contribution < 1.29 is 18.4 Å². The molecular formula is C22H34BO4P. The van der Waals surface area contributed by atoms with Crippen molar-refractivity contribution in [3.8, 4) is 0 Å². The summed E-state index contributed by atoms with van der Waals surface area (Å²) >= 11 is 0. The summed E-state index contributed by atoms with van der Waals surface area (Å²) in [6.07, 6.45) is 6.94. The van der Waals surface area contributed by atoms with Gasteiger partial charge < -0.3 is 13.8 Å². The van der Waals surface area contributed by atoms with E-state index < -0.39 is 7.37 Å². The van der Waals surface area contributed by atoms with Gasteiger partial charge in [0.05, 0.1) is 17.8 Å². The van der Waals surface area contributed by atoms with E-state index in [1.165, 1.54) is 5.47 Å². The third-order valence-electron chi connectivity index (χ3n) is 6.40. The van der Waals surface area contributed by atoms with Crippen molar-refractivity contribution in [2.75, 3.05) is 12.8 Å². The summed E-state index contributed by atoms with van der Waals surface area (Å²) in [7, 11) is -2.79. The number of hydrogen-bond donors (Lipinski definition) is 0. The van der Waals surface area contributed by atoms with Gasteiger partial charge in [-0.05, 0) is 70.3 Å². The fourth-order valence-corrected chi connectivity index (χ4v) is 5.03. The molecule has 1 aliphatic heterocycles. The summed E-state index contributed by atoms with van der Waals surface area (Å²) in [5, 5.41) is 0. The zero-order chi connectivity index (χ0) is 20.4. The van der Waals surface area contributed by atoms with E-state index in [1.807, 2.05) is 30.3 Å². The van der Waals surface area contributed by atoms with Gasteiger partial charge in [0.15, 0.2) is 0 Å². The van der Waals surface area contributed by atoms with E-state index >= 15 is 0 Å². The lowest BCUT2D eigenvalue weighted by Crippen LogP contribution is -2.41. The van der Waals surface area contributed by atoms with Crippen LogP contribution < -0.4 is 0 Å². The van der Waals surface area contributed by atoms with Crippen LogP contribution in [0.4, 0.5) is 0 Å². The molecule has 6 heteroatoms. The number of benzene rings is 1. The Kier molecular flexibility index (Phi) is 6.61. The maximum atomic E-state index is 12.8. The first-order valence-corrected chi connectivity index (χ1v) is 12.6.